The minimum atomic E-state index is -0.484. The zero-order valence-corrected chi connectivity index (χ0v) is 18.0. The number of nitrogens with zero attached hydrogens (tertiary/aromatic N) is 5. The molecule has 0 aliphatic heterocycles. The SMILES string of the molecule is CCCn1c(=O)c2[nH]c(-c3cnn(Cc4cccc(C(N)=O)c4)c3)nc2n(CCC)c1=O. The van der Waals surface area contributed by atoms with E-state index in [0.717, 1.165) is 12.0 Å². The fourth-order valence-electron chi connectivity index (χ4n) is 3.73. The fraction of sp³-hybridized carbons (Fsp3) is 0.318. The lowest BCUT2D eigenvalue weighted by Crippen LogP contribution is -2.40. The Morgan fingerprint density at radius 2 is 1.88 bits per heavy atom. The standard InChI is InChI=1S/C22H25N7O3/c1-3-8-28-20-17(21(31)29(9-4-2)22(28)32)25-19(26-20)16-11-24-27(13-16)12-14-6-5-7-15(10-14)18(23)30/h5-7,10-11,13H,3-4,8-9,12H2,1-2H3,(H2,23,30)(H,25,26). The molecule has 0 atom stereocenters. The van der Waals surface area contributed by atoms with Crippen LogP contribution in [0.1, 0.15) is 42.6 Å². The minimum absolute atomic E-state index is 0.309. The number of hydrogen-bond donors (Lipinski definition) is 2. The summed E-state index contributed by atoms with van der Waals surface area (Å²) in [5.74, 6) is -0.0186. The van der Waals surface area contributed by atoms with Gasteiger partial charge in [0.15, 0.2) is 5.65 Å². The lowest BCUT2D eigenvalue weighted by molar-refractivity contribution is 0.1000. The number of amides is 1. The third-order valence-electron chi connectivity index (χ3n) is 5.22. The summed E-state index contributed by atoms with van der Waals surface area (Å²) < 4.78 is 4.51. The molecule has 0 spiro atoms. The van der Waals surface area contributed by atoms with E-state index in [1.54, 1.807) is 39.8 Å². The van der Waals surface area contributed by atoms with Crippen LogP contribution in [0.4, 0.5) is 0 Å². The number of fused-ring (bicyclic) bond motifs is 1. The van der Waals surface area contributed by atoms with E-state index in [1.807, 2.05) is 19.9 Å². The van der Waals surface area contributed by atoms with Crippen molar-refractivity contribution >= 4 is 17.1 Å². The first-order valence-electron chi connectivity index (χ1n) is 10.6. The van der Waals surface area contributed by atoms with E-state index in [-0.39, 0.29) is 11.2 Å². The number of aryl methyl sites for hydroxylation is 1. The first kappa shape index (κ1) is 21.3. The van der Waals surface area contributed by atoms with Crippen molar-refractivity contribution in [3.8, 4) is 11.4 Å². The van der Waals surface area contributed by atoms with Crippen LogP contribution in [-0.4, -0.2) is 34.8 Å². The summed E-state index contributed by atoms with van der Waals surface area (Å²) in [6.45, 7) is 5.16. The average Bonchev–Trinajstić information content (AvgIpc) is 3.42. The van der Waals surface area contributed by atoms with Crippen LogP contribution in [-0.2, 0) is 19.6 Å². The number of aromatic nitrogens is 6. The van der Waals surface area contributed by atoms with E-state index in [1.165, 1.54) is 4.57 Å². The third-order valence-corrected chi connectivity index (χ3v) is 5.22. The number of rotatable bonds is 8. The van der Waals surface area contributed by atoms with Crippen molar-refractivity contribution in [1.82, 2.24) is 28.9 Å². The quantitative estimate of drug-likeness (QED) is 0.435. The zero-order valence-electron chi connectivity index (χ0n) is 18.0. The van der Waals surface area contributed by atoms with Gasteiger partial charge >= 0.3 is 5.69 Å². The molecule has 0 radical (unpaired) electrons. The van der Waals surface area contributed by atoms with Crippen molar-refractivity contribution in [1.29, 1.82) is 0 Å². The second kappa shape index (κ2) is 8.66. The number of H-pyrrole nitrogens is 1. The van der Waals surface area contributed by atoms with E-state index in [4.69, 9.17) is 5.73 Å². The Hall–Kier alpha value is -3.95. The molecule has 0 saturated carbocycles. The summed E-state index contributed by atoms with van der Waals surface area (Å²) in [5.41, 5.74) is 7.30. The summed E-state index contributed by atoms with van der Waals surface area (Å²) in [4.78, 5) is 44.8. The maximum Gasteiger partial charge on any atom is 0.332 e. The molecule has 0 bridgehead atoms. The van der Waals surface area contributed by atoms with Crippen LogP contribution in [0.5, 0.6) is 0 Å². The molecule has 10 heteroatoms. The van der Waals surface area contributed by atoms with Gasteiger partial charge in [0.2, 0.25) is 5.91 Å². The number of nitrogens with two attached hydrogens (primary N) is 1. The molecule has 10 nitrogen and oxygen atoms in total. The lowest BCUT2D eigenvalue weighted by Gasteiger charge is -2.09. The number of benzene rings is 1. The van der Waals surface area contributed by atoms with Gasteiger partial charge in [0.05, 0.1) is 18.3 Å². The van der Waals surface area contributed by atoms with Gasteiger partial charge in [-0.05, 0) is 30.5 Å². The van der Waals surface area contributed by atoms with Crippen LogP contribution in [0.2, 0.25) is 0 Å². The summed E-state index contributed by atoms with van der Waals surface area (Å²) in [5, 5.41) is 4.37. The number of nitrogens with one attached hydrogen (secondary N) is 1. The van der Waals surface area contributed by atoms with E-state index in [2.05, 4.69) is 15.1 Å². The molecular weight excluding hydrogens is 410 g/mol. The number of carbonyl (C=O) groups excluding carboxylic acids is 1. The Bertz CT molecular complexity index is 1410. The second-order valence-corrected chi connectivity index (χ2v) is 7.67. The van der Waals surface area contributed by atoms with Crippen LogP contribution >= 0.6 is 0 Å². The van der Waals surface area contributed by atoms with Crippen molar-refractivity contribution in [2.45, 2.75) is 46.3 Å². The van der Waals surface area contributed by atoms with E-state index in [9.17, 15) is 14.4 Å². The van der Waals surface area contributed by atoms with Gasteiger partial charge in [-0.25, -0.2) is 9.78 Å². The van der Waals surface area contributed by atoms with Crippen LogP contribution in [0.25, 0.3) is 22.6 Å². The van der Waals surface area contributed by atoms with Crippen molar-refractivity contribution < 1.29 is 4.79 Å². The molecule has 166 valence electrons. The van der Waals surface area contributed by atoms with E-state index < -0.39 is 5.91 Å². The Morgan fingerprint density at radius 3 is 2.59 bits per heavy atom. The van der Waals surface area contributed by atoms with Crippen LogP contribution in [0, 0.1) is 0 Å². The average molecular weight is 435 g/mol. The van der Waals surface area contributed by atoms with E-state index in [0.29, 0.717) is 54.2 Å². The summed E-state index contributed by atoms with van der Waals surface area (Å²) >= 11 is 0. The third kappa shape index (κ3) is 3.86. The highest BCUT2D eigenvalue weighted by Crippen LogP contribution is 2.18. The molecule has 1 amide bonds. The van der Waals surface area contributed by atoms with Crippen molar-refractivity contribution in [2.24, 2.45) is 5.73 Å². The maximum atomic E-state index is 12.9. The molecule has 3 aromatic heterocycles. The lowest BCUT2D eigenvalue weighted by atomic mass is 10.1. The van der Waals surface area contributed by atoms with Crippen LogP contribution in [0.3, 0.4) is 0 Å². The first-order valence-corrected chi connectivity index (χ1v) is 10.6. The Balaban J connectivity index is 1.73. The normalized spacial score (nSPS) is 11.3. The van der Waals surface area contributed by atoms with Gasteiger partial charge in [-0.3, -0.25) is 23.4 Å². The van der Waals surface area contributed by atoms with Crippen LogP contribution in [0.15, 0.2) is 46.2 Å². The highest BCUT2D eigenvalue weighted by molar-refractivity contribution is 5.92. The maximum absolute atomic E-state index is 12.9. The number of aromatic amines is 1. The first-order chi connectivity index (χ1) is 15.4. The van der Waals surface area contributed by atoms with Crippen molar-refractivity contribution in [2.75, 3.05) is 0 Å². The fourth-order valence-corrected chi connectivity index (χ4v) is 3.73. The zero-order chi connectivity index (χ0) is 22.8. The topological polar surface area (TPSA) is 134 Å². The Morgan fingerprint density at radius 1 is 1.12 bits per heavy atom. The molecule has 3 heterocycles. The molecular formula is C22H25N7O3. The molecule has 32 heavy (non-hydrogen) atoms. The van der Waals surface area contributed by atoms with Gasteiger partial charge in [-0.2, -0.15) is 5.10 Å². The molecule has 0 fully saturated rings. The predicted octanol–water partition coefficient (Wildman–Crippen LogP) is 1.72. The summed E-state index contributed by atoms with van der Waals surface area (Å²) in [6.07, 6.45) is 4.85. The molecule has 1 aromatic carbocycles. The van der Waals surface area contributed by atoms with Crippen LogP contribution < -0.4 is 17.0 Å². The Kier molecular flexibility index (Phi) is 5.76. The largest absolute Gasteiger partial charge is 0.366 e. The minimum Gasteiger partial charge on any atom is -0.366 e. The summed E-state index contributed by atoms with van der Waals surface area (Å²) in [6, 6.07) is 7.04. The Labute approximate surface area is 183 Å². The van der Waals surface area contributed by atoms with Crippen molar-refractivity contribution in [3.63, 3.8) is 0 Å². The molecule has 0 unspecified atom stereocenters. The number of primary amides is 1. The van der Waals surface area contributed by atoms with Gasteiger partial charge < -0.3 is 10.7 Å². The molecule has 0 aliphatic carbocycles. The van der Waals surface area contributed by atoms with Gasteiger partial charge in [-0.15, -0.1) is 0 Å². The highest BCUT2D eigenvalue weighted by Gasteiger charge is 2.18. The number of carbonyl (C=O) groups is 1. The van der Waals surface area contributed by atoms with Crippen molar-refractivity contribution in [3.05, 3.63) is 68.6 Å². The van der Waals surface area contributed by atoms with E-state index >= 15 is 0 Å². The monoisotopic (exact) mass is 435 g/mol. The smallest absolute Gasteiger partial charge is 0.332 e. The van der Waals surface area contributed by atoms with Gasteiger partial charge in [0.25, 0.3) is 5.56 Å². The summed E-state index contributed by atoms with van der Waals surface area (Å²) in [7, 11) is 0. The molecule has 3 N–H and O–H groups in total. The molecule has 4 rings (SSSR count). The number of imidazole rings is 1. The predicted molar refractivity (Wildman–Crippen MR) is 120 cm³/mol. The molecule has 0 saturated heterocycles. The second-order valence-electron chi connectivity index (χ2n) is 7.67. The molecule has 4 aromatic rings. The molecule has 0 aliphatic rings. The van der Waals surface area contributed by atoms with Gasteiger partial charge in [0, 0.05) is 24.8 Å². The number of hydrogen-bond acceptors (Lipinski definition) is 5. The van der Waals surface area contributed by atoms with Gasteiger partial charge in [-0.1, -0.05) is 26.0 Å². The highest BCUT2D eigenvalue weighted by atomic mass is 16.2. The van der Waals surface area contributed by atoms with Gasteiger partial charge in [0.1, 0.15) is 11.3 Å².